The van der Waals surface area contributed by atoms with Crippen molar-refractivity contribution >= 4 is 39.9 Å². The van der Waals surface area contributed by atoms with Gasteiger partial charge in [0.1, 0.15) is 28.2 Å². The number of thiazole rings is 1. The average molecular weight is 603 g/mol. The fourth-order valence-electron chi connectivity index (χ4n) is 5.18. The Kier molecular flexibility index (Phi) is 6.61. The normalized spacial score (nSPS) is 17.5. The molecule has 1 N–H and O–H groups in total. The Hall–Kier alpha value is -3.83. The molecule has 0 radical (unpaired) electrons. The summed E-state index contributed by atoms with van der Waals surface area (Å²) >= 11 is 7.02. The Balaban J connectivity index is 1.44. The molecule has 2 aromatic heterocycles. The number of carbonyl (C=O) groups is 1. The standard InChI is InChI=1S/C29H20ClF5N4OS/c1-28(27-36-21-13-18(29(33,34)35)19(30)14-22(21)37-27)11-4-12-39(28)26(40)23-24(15-7-9-16(31)10-8-15)41-25(38-23)17-5-2-3-6-20(17)32/h2-3,5-10,13-14H,4,11-12H2,1H3,(H,36,37)/t28-/m0/s1. The third kappa shape index (κ3) is 4.76. The van der Waals surface area contributed by atoms with Crippen LogP contribution < -0.4 is 0 Å². The van der Waals surface area contributed by atoms with Crippen molar-refractivity contribution in [3.05, 3.63) is 94.4 Å². The summed E-state index contributed by atoms with van der Waals surface area (Å²) < 4.78 is 68.7. The second kappa shape index (κ2) is 9.92. The van der Waals surface area contributed by atoms with E-state index in [1.165, 1.54) is 30.3 Å². The fraction of sp³-hybridized carbons (Fsp3) is 0.207. The molecule has 5 aromatic rings. The number of rotatable bonds is 4. The molecule has 6 rings (SSSR count). The van der Waals surface area contributed by atoms with E-state index in [0.717, 1.165) is 23.5 Å². The molecule has 1 atom stereocenters. The quantitative estimate of drug-likeness (QED) is 0.210. The van der Waals surface area contributed by atoms with E-state index in [1.807, 2.05) is 0 Å². The monoisotopic (exact) mass is 602 g/mol. The zero-order chi connectivity index (χ0) is 29.1. The highest BCUT2D eigenvalue weighted by molar-refractivity contribution is 7.18. The number of aromatic amines is 1. The Morgan fingerprint density at radius 1 is 1.07 bits per heavy atom. The van der Waals surface area contributed by atoms with Gasteiger partial charge < -0.3 is 9.88 Å². The maximum atomic E-state index is 14.7. The summed E-state index contributed by atoms with van der Waals surface area (Å²) in [6.45, 7) is 2.11. The first-order valence-corrected chi connectivity index (χ1v) is 13.8. The number of carbonyl (C=O) groups excluding carboxylic acids is 1. The van der Waals surface area contributed by atoms with Crippen molar-refractivity contribution in [2.45, 2.75) is 31.5 Å². The predicted molar refractivity (Wildman–Crippen MR) is 147 cm³/mol. The van der Waals surface area contributed by atoms with E-state index in [0.29, 0.717) is 35.7 Å². The van der Waals surface area contributed by atoms with E-state index >= 15 is 0 Å². The van der Waals surface area contributed by atoms with Gasteiger partial charge in [-0.2, -0.15) is 13.2 Å². The molecule has 5 nitrogen and oxygen atoms in total. The van der Waals surface area contributed by atoms with Gasteiger partial charge in [0.15, 0.2) is 0 Å². The molecule has 0 saturated carbocycles. The summed E-state index contributed by atoms with van der Waals surface area (Å²) in [4.78, 5) is 28.2. The van der Waals surface area contributed by atoms with Crippen LogP contribution in [0, 0.1) is 11.6 Å². The minimum atomic E-state index is -4.65. The van der Waals surface area contributed by atoms with Crippen molar-refractivity contribution in [3.8, 4) is 21.0 Å². The largest absolute Gasteiger partial charge is 0.417 e. The van der Waals surface area contributed by atoms with Crippen molar-refractivity contribution < 1.29 is 26.7 Å². The maximum Gasteiger partial charge on any atom is 0.417 e. The van der Waals surface area contributed by atoms with Crippen LogP contribution in [0.1, 0.15) is 41.6 Å². The van der Waals surface area contributed by atoms with Gasteiger partial charge >= 0.3 is 6.18 Å². The van der Waals surface area contributed by atoms with Crippen LogP contribution in [-0.2, 0) is 11.7 Å². The Morgan fingerprint density at radius 3 is 2.51 bits per heavy atom. The van der Waals surface area contributed by atoms with Gasteiger partial charge in [-0.1, -0.05) is 35.9 Å². The smallest absolute Gasteiger partial charge is 0.340 e. The second-order valence-corrected chi connectivity index (χ2v) is 11.4. The summed E-state index contributed by atoms with van der Waals surface area (Å²) in [5, 5.41) is -0.190. The molecule has 0 aliphatic carbocycles. The van der Waals surface area contributed by atoms with Crippen LogP contribution >= 0.6 is 22.9 Å². The highest BCUT2D eigenvalue weighted by Crippen LogP contribution is 2.43. The lowest BCUT2D eigenvalue weighted by molar-refractivity contribution is -0.137. The minimum Gasteiger partial charge on any atom is -0.340 e. The molecule has 1 aliphatic rings. The molecule has 3 aromatic carbocycles. The zero-order valence-electron chi connectivity index (χ0n) is 21.3. The molecule has 1 fully saturated rings. The highest BCUT2D eigenvalue weighted by atomic mass is 35.5. The van der Waals surface area contributed by atoms with Gasteiger partial charge in [0.05, 0.1) is 32.0 Å². The molecule has 12 heteroatoms. The van der Waals surface area contributed by atoms with Gasteiger partial charge in [-0.15, -0.1) is 11.3 Å². The molecule has 0 spiro atoms. The number of halogens is 6. The molecule has 1 saturated heterocycles. The lowest BCUT2D eigenvalue weighted by Gasteiger charge is -2.33. The molecule has 0 unspecified atom stereocenters. The number of hydrogen-bond acceptors (Lipinski definition) is 4. The fourth-order valence-corrected chi connectivity index (χ4v) is 6.53. The Morgan fingerprint density at radius 2 is 1.80 bits per heavy atom. The molecule has 0 bridgehead atoms. The number of hydrogen-bond donors (Lipinski definition) is 1. The molecular weight excluding hydrogens is 583 g/mol. The number of H-pyrrole nitrogens is 1. The van der Waals surface area contributed by atoms with E-state index < -0.39 is 39.8 Å². The van der Waals surface area contributed by atoms with E-state index in [9.17, 15) is 26.7 Å². The van der Waals surface area contributed by atoms with E-state index in [1.54, 1.807) is 30.0 Å². The topological polar surface area (TPSA) is 61.9 Å². The molecule has 1 aliphatic heterocycles. The first-order valence-electron chi connectivity index (χ1n) is 12.6. The van der Waals surface area contributed by atoms with Gasteiger partial charge in [0, 0.05) is 12.1 Å². The highest BCUT2D eigenvalue weighted by Gasteiger charge is 2.45. The molecule has 41 heavy (non-hydrogen) atoms. The summed E-state index contributed by atoms with van der Waals surface area (Å²) in [7, 11) is 0. The van der Waals surface area contributed by atoms with Crippen LogP contribution in [0.4, 0.5) is 22.0 Å². The second-order valence-electron chi connectivity index (χ2n) is 9.95. The van der Waals surface area contributed by atoms with Crippen LogP contribution in [-0.4, -0.2) is 32.3 Å². The summed E-state index contributed by atoms with van der Waals surface area (Å²) in [5.41, 5.74) is -0.804. The zero-order valence-corrected chi connectivity index (χ0v) is 22.9. The van der Waals surface area contributed by atoms with Crippen molar-refractivity contribution in [1.29, 1.82) is 0 Å². The van der Waals surface area contributed by atoms with E-state index in [-0.39, 0.29) is 27.3 Å². The molecule has 1 amide bonds. The van der Waals surface area contributed by atoms with Crippen molar-refractivity contribution in [3.63, 3.8) is 0 Å². The molecule has 210 valence electrons. The maximum absolute atomic E-state index is 14.7. The molecular formula is C29H20ClF5N4OS. The van der Waals surface area contributed by atoms with Gasteiger partial charge in [-0.05, 0) is 61.7 Å². The lowest BCUT2D eigenvalue weighted by Crippen LogP contribution is -2.44. The number of nitrogens with zero attached hydrogens (tertiary/aromatic N) is 3. The number of nitrogens with one attached hydrogen (secondary N) is 1. The lowest BCUT2D eigenvalue weighted by atomic mass is 9.97. The summed E-state index contributed by atoms with van der Waals surface area (Å²) in [6, 6.07) is 13.7. The Labute approximate surface area is 239 Å². The van der Waals surface area contributed by atoms with Crippen molar-refractivity contribution in [2.24, 2.45) is 0 Å². The third-order valence-electron chi connectivity index (χ3n) is 7.31. The summed E-state index contributed by atoms with van der Waals surface area (Å²) in [5.74, 6) is -1.11. The number of aromatic nitrogens is 3. The number of likely N-dealkylation sites (tertiary alicyclic amines) is 1. The SMILES string of the molecule is C[C@@]1(c2nc3cc(Cl)c(C(F)(F)F)cc3[nH]2)CCCN1C(=O)c1nc(-c2ccccc2F)sc1-c1ccc(F)cc1. The first kappa shape index (κ1) is 27.3. The van der Waals surface area contributed by atoms with Crippen molar-refractivity contribution in [1.82, 2.24) is 19.9 Å². The third-order valence-corrected chi connectivity index (χ3v) is 8.76. The van der Waals surface area contributed by atoms with Crippen LogP contribution in [0.2, 0.25) is 5.02 Å². The number of alkyl halides is 3. The van der Waals surface area contributed by atoms with E-state index in [2.05, 4.69) is 15.0 Å². The van der Waals surface area contributed by atoms with Crippen molar-refractivity contribution in [2.75, 3.05) is 6.54 Å². The van der Waals surface area contributed by atoms with Gasteiger partial charge in [-0.25, -0.2) is 18.7 Å². The van der Waals surface area contributed by atoms with Gasteiger partial charge in [-0.3, -0.25) is 4.79 Å². The number of benzene rings is 3. The number of amides is 1. The van der Waals surface area contributed by atoms with E-state index in [4.69, 9.17) is 11.6 Å². The summed E-state index contributed by atoms with van der Waals surface area (Å²) in [6.07, 6.45) is -3.56. The Bertz CT molecular complexity index is 1800. The van der Waals surface area contributed by atoms with Crippen LogP contribution in [0.3, 0.4) is 0 Å². The van der Waals surface area contributed by atoms with Gasteiger partial charge in [0.25, 0.3) is 5.91 Å². The first-order chi connectivity index (χ1) is 19.5. The van der Waals surface area contributed by atoms with Gasteiger partial charge in [0.2, 0.25) is 0 Å². The molecule has 3 heterocycles. The predicted octanol–water partition coefficient (Wildman–Crippen LogP) is 8.46. The minimum absolute atomic E-state index is 0.0616. The average Bonchev–Trinajstić information content (AvgIpc) is 3.65. The van der Waals surface area contributed by atoms with Crippen LogP contribution in [0.25, 0.3) is 32.0 Å². The van der Waals surface area contributed by atoms with Crippen LogP contribution in [0.5, 0.6) is 0 Å². The van der Waals surface area contributed by atoms with Crippen LogP contribution in [0.15, 0.2) is 60.7 Å². The number of fused-ring (bicyclic) bond motifs is 1. The number of imidazole rings is 1.